The van der Waals surface area contributed by atoms with Gasteiger partial charge in [0.05, 0.1) is 17.9 Å². The Morgan fingerprint density at radius 1 is 1.24 bits per heavy atom. The Kier molecular flexibility index (Phi) is 5.10. The van der Waals surface area contributed by atoms with Crippen LogP contribution in [-0.2, 0) is 11.3 Å². The minimum atomic E-state index is -0.244. The number of anilines is 2. The van der Waals surface area contributed by atoms with E-state index in [9.17, 15) is 9.59 Å². The smallest absolute Gasteiger partial charge is 0.265 e. The molecule has 7 nitrogen and oxygen atoms in total. The second kappa shape index (κ2) is 7.71. The van der Waals surface area contributed by atoms with Gasteiger partial charge in [-0.15, -0.1) is 0 Å². The molecule has 8 heteroatoms. The second-order valence-corrected chi connectivity index (χ2v) is 7.63. The topological polar surface area (TPSA) is 84.7 Å². The molecule has 1 N–H and O–H groups in total. The lowest BCUT2D eigenvalue weighted by atomic mass is 10.1. The monoisotopic (exact) mass is 455 g/mol. The van der Waals surface area contributed by atoms with Crippen molar-refractivity contribution in [1.29, 1.82) is 0 Å². The first-order valence-electron chi connectivity index (χ1n) is 8.98. The maximum Gasteiger partial charge on any atom is 0.265 e. The molecule has 0 radical (unpaired) electrons. The van der Waals surface area contributed by atoms with E-state index in [1.165, 1.54) is 0 Å². The Morgan fingerprint density at radius 2 is 2.07 bits per heavy atom. The molecule has 2 heterocycles. The molecule has 0 saturated carbocycles. The molecule has 2 amide bonds. The number of halogens is 1. The van der Waals surface area contributed by atoms with Gasteiger partial charge in [-0.25, -0.2) is 0 Å². The number of benzene rings is 2. The number of ether oxygens (including phenoxy) is 1. The van der Waals surface area contributed by atoms with E-state index in [1.54, 1.807) is 41.3 Å². The number of fused-ring (bicyclic) bond motifs is 1. The molecule has 0 unspecified atom stereocenters. The van der Waals surface area contributed by atoms with Crippen LogP contribution in [0.2, 0.25) is 0 Å². The zero-order chi connectivity index (χ0) is 20.5. The van der Waals surface area contributed by atoms with E-state index in [-0.39, 0.29) is 18.4 Å². The summed E-state index contributed by atoms with van der Waals surface area (Å²) in [5.41, 5.74) is 3.28. The lowest BCUT2D eigenvalue weighted by molar-refractivity contribution is -0.121. The van der Waals surface area contributed by atoms with Crippen molar-refractivity contribution in [2.45, 2.75) is 20.4 Å². The quantitative estimate of drug-likeness (QED) is 0.635. The third-order valence-electron chi connectivity index (χ3n) is 4.74. The van der Waals surface area contributed by atoms with Gasteiger partial charge in [-0.3, -0.25) is 9.59 Å². The van der Waals surface area contributed by atoms with Crippen LogP contribution in [0.4, 0.5) is 11.4 Å². The van der Waals surface area contributed by atoms with Gasteiger partial charge in [0.1, 0.15) is 11.5 Å². The number of aryl methyl sites for hydroxylation is 2. The summed E-state index contributed by atoms with van der Waals surface area (Å²) in [6, 6.07) is 12.4. The van der Waals surface area contributed by atoms with Crippen molar-refractivity contribution in [3.63, 3.8) is 0 Å². The second-order valence-electron chi connectivity index (χ2n) is 6.72. The number of aromatic nitrogens is 1. The maximum absolute atomic E-state index is 12.6. The molecular formula is C21H18BrN3O4. The fourth-order valence-electron chi connectivity index (χ4n) is 3.17. The standard InChI is InChI=1S/C21H18BrN3O4/c1-12-17(13(2)29-24-12)10-25-18-9-16(6-7-19(18)28-11-20(25)26)23-21(27)14-4-3-5-15(22)8-14/h3-9H,10-11H2,1-2H3,(H,23,27). The van der Waals surface area contributed by atoms with Crippen LogP contribution in [0.25, 0.3) is 0 Å². The third kappa shape index (κ3) is 3.88. The molecule has 0 fully saturated rings. The minimum Gasteiger partial charge on any atom is -0.482 e. The lowest BCUT2D eigenvalue weighted by Crippen LogP contribution is -2.38. The first kappa shape index (κ1) is 19.2. The van der Waals surface area contributed by atoms with Crippen molar-refractivity contribution in [2.75, 3.05) is 16.8 Å². The SMILES string of the molecule is Cc1noc(C)c1CN1C(=O)COc2ccc(NC(=O)c3cccc(Br)c3)cc21. The molecule has 29 heavy (non-hydrogen) atoms. The van der Waals surface area contributed by atoms with E-state index in [0.717, 1.165) is 15.7 Å². The molecule has 0 atom stereocenters. The molecule has 1 aliphatic rings. The van der Waals surface area contributed by atoms with Crippen LogP contribution >= 0.6 is 15.9 Å². The third-order valence-corrected chi connectivity index (χ3v) is 5.24. The summed E-state index contributed by atoms with van der Waals surface area (Å²) in [4.78, 5) is 26.7. The molecule has 0 saturated heterocycles. The average Bonchev–Trinajstić information content (AvgIpc) is 3.02. The highest BCUT2D eigenvalue weighted by Gasteiger charge is 2.28. The van der Waals surface area contributed by atoms with E-state index in [0.29, 0.717) is 35.0 Å². The molecule has 0 bridgehead atoms. The van der Waals surface area contributed by atoms with E-state index >= 15 is 0 Å². The van der Waals surface area contributed by atoms with Crippen LogP contribution in [0.5, 0.6) is 5.75 Å². The van der Waals surface area contributed by atoms with Gasteiger partial charge < -0.3 is 19.5 Å². The summed E-state index contributed by atoms with van der Waals surface area (Å²) in [5.74, 6) is 0.832. The van der Waals surface area contributed by atoms with Gasteiger partial charge in [0.25, 0.3) is 11.8 Å². The van der Waals surface area contributed by atoms with Crippen LogP contribution in [0.1, 0.15) is 27.4 Å². The molecule has 0 aliphatic carbocycles. The van der Waals surface area contributed by atoms with Gasteiger partial charge in [-0.2, -0.15) is 0 Å². The van der Waals surface area contributed by atoms with Gasteiger partial charge in [-0.05, 0) is 50.2 Å². The van der Waals surface area contributed by atoms with Crippen LogP contribution in [0, 0.1) is 13.8 Å². The summed E-state index contributed by atoms with van der Waals surface area (Å²) < 4.78 is 11.6. The average molecular weight is 456 g/mol. The Balaban J connectivity index is 1.63. The Labute approximate surface area is 175 Å². The predicted molar refractivity (Wildman–Crippen MR) is 111 cm³/mol. The Morgan fingerprint density at radius 3 is 2.79 bits per heavy atom. The predicted octanol–water partition coefficient (Wildman–Crippen LogP) is 4.23. The molecule has 3 aromatic rings. The van der Waals surface area contributed by atoms with E-state index in [4.69, 9.17) is 9.26 Å². The van der Waals surface area contributed by atoms with Crippen LogP contribution in [0.15, 0.2) is 51.5 Å². The number of nitrogens with zero attached hydrogens (tertiary/aromatic N) is 2. The zero-order valence-corrected chi connectivity index (χ0v) is 17.4. The number of rotatable bonds is 4. The van der Waals surface area contributed by atoms with Gasteiger partial charge in [0.15, 0.2) is 6.61 Å². The van der Waals surface area contributed by atoms with Crippen molar-refractivity contribution in [3.05, 3.63) is 69.5 Å². The fraction of sp³-hybridized carbons (Fsp3) is 0.190. The molecule has 148 valence electrons. The summed E-state index contributed by atoms with van der Waals surface area (Å²) in [5, 5.41) is 6.82. The molecule has 4 rings (SSSR count). The number of hydrogen-bond donors (Lipinski definition) is 1. The molecule has 1 aromatic heterocycles. The fourth-order valence-corrected chi connectivity index (χ4v) is 3.57. The molecule has 2 aromatic carbocycles. The van der Waals surface area contributed by atoms with Crippen molar-refractivity contribution in [3.8, 4) is 5.75 Å². The minimum absolute atomic E-state index is 0.0415. The van der Waals surface area contributed by atoms with E-state index in [1.807, 2.05) is 19.9 Å². The summed E-state index contributed by atoms with van der Waals surface area (Å²) in [6.07, 6.45) is 0. The number of nitrogens with one attached hydrogen (secondary N) is 1. The van der Waals surface area contributed by atoms with E-state index in [2.05, 4.69) is 26.4 Å². The van der Waals surface area contributed by atoms with Gasteiger partial charge >= 0.3 is 0 Å². The number of carbonyl (C=O) groups excluding carboxylic acids is 2. The van der Waals surface area contributed by atoms with Crippen molar-refractivity contribution >= 4 is 39.1 Å². The Hall–Kier alpha value is -3.13. The van der Waals surface area contributed by atoms with E-state index < -0.39 is 0 Å². The first-order chi connectivity index (χ1) is 13.9. The van der Waals surface area contributed by atoms with Crippen LogP contribution < -0.4 is 15.0 Å². The van der Waals surface area contributed by atoms with Crippen molar-refractivity contribution < 1.29 is 18.8 Å². The summed E-state index contributed by atoms with van der Waals surface area (Å²) in [7, 11) is 0. The van der Waals surface area contributed by atoms with Crippen LogP contribution in [-0.4, -0.2) is 23.6 Å². The molecular weight excluding hydrogens is 438 g/mol. The number of hydrogen-bond acceptors (Lipinski definition) is 5. The van der Waals surface area contributed by atoms with Gasteiger partial charge in [0, 0.05) is 21.3 Å². The summed E-state index contributed by atoms with van der Waals surface area (Å²) in [6.45, 7) is 3.93. The highest BCUT2D eigenvalue weighted by atomic mass is 79.9. The number of amides is 2. The van der Waals surface area contributed by atoms with Crippen molar-refractivity contribution in [2.24, 2.45) is 0 Å². The summed E-state index contributed by atoms with van der Waals surface area (Å²) >= 11 is 3.37. The normalized spacial score (nSPS) is 13.1. The lowest BCUT2D eigenvalue weighted by Gasteiger charge is -2.29. The van der Waals surface area contributed by atoms with Gasteiger partial charge in [0.2, 0.25) is 0 Å². The maximum atomic E-state index is 12.6. The van der Waals surface area contributed by atoms with Crippen molar-refractivity contribution in [1.82, 2.24) is 5.16 Å². The number of carbonyl (C=O) groups is 2. The Bertz CT molecular complexity index is 1090. The highest BCUT2D eigenvalue weighted by Crippen LogP contribution is 2.36. The largest absolute Gasteiger partial charge is 0.482 e. The van der Waals surface area contributed by atoms with Crippen LogP contribution in [0.3, 0.4) is 0 Å². The molecule has 1 aliphatic heterocycles. The zero-order valence-electron chi connectivity index (χ0n) is 15.9. The highest BCUT2D eigenvalue weighted by molar-refractivity contribution is 9.10. The van der Waals surface area contributed by atoms with Gasteiger partial charge in [-0.1, -0.05) is 27.2 Å². The first-order valence-corrected chi connectivity index (χ1v) is 9.77. The molecule has 0 spiro atoms.